The molecule has 1 atom stereocenters. The van der Waals surface area contributed by atoms with Crippen molar-refractivity contribution in [3.8, 4) is 0 Å². The second-order valence-electron chi connectivity index (χ2n) is 4.33. The number of nitrogens with zero attached hydrogens (tertiary/aromatic N) is 1. The Hall–Kier alpha value is -0.190. The van der Waals surface area contributed by atoms with Gasteiger partial charge >= 0.3 is 0 Å². The Morgan fingerprint density at radius 3 is 2.94 bits per heavy atom. The van der Waals surface area contributed by atoms with Gasteiger partial charge in [-0.1, -0.05) is 22.0 Å². The summed E-state index contributed by atoms with van der Waals surface area (Å²) in [6, 6.07) is 6.14. The average molecular weight is 316 g/mol. The van der Waals surface area contributed by atoms with Gasteiger partial charge in [-0.15, -0.1) is 0 Å². The Kier molecular flexibility index (Phi) is 4.77. The van der Waals surface area contributed by atoms with Crippen molar-refractivity contribution in [3.05, 3.63) is 28.2 Å². The highest BCUT2D eigenvalue weighted by Crippen LogP contribution is 2.31. The number of hydrogen-bond acceptors (Lipinski definition) is 3. The first-order valence-electron chi connectivity index (χ1n) is 5.98. The van der Waals surface area contributed by atoms with Crippen molar-refractivity contribution in [2.45, 2.75) is 19.4 Å². The largest absolute Gasteiger partial charge is 0.389 e. The van der Waals surface area contributed by atoms with E-state index in [4.69, 9.17) is 0 Å². The summed E-state index contributed by atoms with van der Waals surface area (Å²) >= 11 is 5.53. The van der Waals surface area contributed by atoms with Crippen molar-refractivity contribution in [3.63, 3.8) is 0 Å². The molecule has 4 heteroatoms. The molecule has 1 aliphatic rings. The third-order valence-electron chi connectivity index (χ3n) is 3.01. The van der Waals surface area contributed by atoms with E-state index in [-0.39, 0.29) is 0 Å². The van der Waals surface area contributed by atoms with Crippen LogP contribution in [0.15, 0.2) is 22.7 Å². The fourth-order valence-corrected chi connectivity index (χ4v) is 3.37. The molecular formula is C13H18BrNOS. The Labute approximate surface area is 116 Å². The molecule has 1 aromatic carbocycles. The molecule has 2 nitrogen and oxygen atoms in total. The molecular weight excluding hydrogens is 298 g/mol. The summed E-state index contributed by atoms with van der Waals surface area (Å²) < 4.78 is 1.08. The van der Waals surface area contributed by atoms with Gasteiger partial charge in [0.05, 0.1) is 6.10 Å². The molecule has 1 aromatic rings. The Morgan fingerprint density at radius 2 is 2.18 bits per heavy atom. The van der Waals surface area contributed by atoms with Gasteiger partial charge in [0.1, 0.15) is 0 Å². The summed E-state index contributed by atoms with van der Waals surface area (Å²) in [4.78, 5) is 2.40. The smallest absolute Gasteiger partial charge is 0.0782 e. The van der Waals surface area contributed by atoms with Gasteiger partial charge in [-0.25, -0.2) is 0 Å². The zero-order chi connectivity index (χ0) is 12.3. The fraction of sp³-hybridized carbons (Fsp3) is 0.538. The van der Waals surface area contributed by atoms with Crippen molar-refractivity contribution in [2.24, 2.45) is 0 Å². The molecule has 1 unspecified atom stereocenters. The lowest BCUT2D eigenvalue weighted by Gasteiger charge is -2.26. The van der Waals surface area contributed by atoms with Crippen molar-refractivity contribution in [1.82, 2.24) is 0 Å². The van der Waals surface area contributed by atoms with E-state index < -0.39 is 6.10 Å². The number of benzene rings is 1. The van der Waals surface area contributed by atoms with Crippen LogP contribution in [-0.2, 0) is 0 Å². The minimum Gasteiger partial charge on any atom is -0.389 e. The van der Waals surface area contributed by atoms with E-state index in [0.29, 0.717) is 0 Å². The maximum absolute atomic E-state index is 9.85. The summed E-state index contributed by atoms with van der Waals surface area (Å²) in [6.45, 7) is 3.99. The SMILES string of the molecule is CC(O)c1ccc(Br)cc1N1CCCSCC1. The minimum absolute atomic E-state index is 0.408. The summed E-state index contributed by atoms with van der Waals surface area (Å²) in [7, 11) is 0. The van der Waals surface area contributed by atoms with Gasteiger partial charge in [0.25, 0.3) is 0 Å². The highest BCUT2D eigenvalue weighted by molar-refractivity contribution is 9.10. The van der Waals surface area contributed by atoms with E-state index in [1.807, 2.05) is 30.8 Å². The van der Waals surface area contributed by atoms with Crippen LogP contribution in [0.3, 0.4) is 0 Å². The van der Waals surface area contributed by atoms with Crippen LogP contribution >= 0.6 is 27.7 Å². The molecule has 1 saturated heterocycles. The summed E-state index contributed by atoms with van der Waals surface area (Å²) in [5, 5.41) is 9.85. The molecule has 1 aliphatic heterocycles. The molecule has 0 spiro atoms. The van der Waals surface area contributed by atoms with Crippen LogP contribution in [0.2, 0.25) is 0 Å². The van der Waals surface area contributed by atoms with Crippen LogP contribution in [-0.4, -0.2) is 29.7 Å². The molecule has 0 amide bonds. The quantitative estimate of drug-likeness (QED) is 0.904. The second kappa shape index (κ2) is 6.12. The number of anilines is 1. The zero-order valence-electron chi connectivity index (χ0n) is 10.0. The number of aliphatic hydroxyl groups is 1. The maximum atomic E-state index is 9.85. The molecule has 94 valence electrons. The summed E-state index contributed by atoms with van der Waals surface area (Å²) in [5.41, 5.74) is 2.21. The van der Waals surface area contributed by atoms with Crippen molar-refractivity contribution < 1.29 is 5.11 Å². The number of halogens is 1. The van der Waals surface area contributed by atoms with E-state index in [0.717, 1.165) is 23.1 Å². The van der Waals surface area contributed by atoms with E-state index in [9.17, 15) is 5.11 Å². The predicted octanol–water partition coefficient (Wildman–Crippen LogP) is 3.45. The van der Waals surface area contributed by atoms with Crippen LogP contribution in [0.4, 0.5) is 5.69 Å². The first-order chi connectivity index (χ1) is 8.18. The Balaban J connectivity index is 2.30. The molecule has 1 heterocycles. The van der Waals surface area contributed by atoms with Crippen molar-refractivity contribution >= 4 is 33.4 Å². The lowest BCUT2D eigenvalue weighted by Crippen LogP contribution is -2.26. The molecule has 0 bridgehead atoms. The molecule has 1 fully saturated rings. The van der Waals surface area contributed by atoms with E-state index >= 15 is 0 Å². The second-order valence-corrected chi connectivity index (χ2v) is 6.47. The molecule has 0 saturated carbocycles. The number of thioether (sulfide) groups is 1. The first-order valence-corrected chi connectivity index (χ1v) is 7.93. The normalized spacial score (nSPS) is 18.9. The highest BCUT2D eigenvalue weighted by atomic mass is 79.9. The number of rotatable bonds is 2. The zero-order valence-corrected chi connectivity index (χ0v) is 12.4. The van der Waals surface area contributed by atoms with E-state index in [1.165, 1.54) is 23.6 Å². The van der Waals surface area contributed by atoms with Crippen LogP contribution in [0.1, 0.15) is 25.0 Å². The minimum atomic E-state index is -0.408. The lowest BCUT2D eigenvalue weighted by atomic mass is 10.1. The van der Waals surface area contributed by atoms with Gasteiger partial charge in [0.2, 0.25) is 0 Å². The van der Waals surface area contributed by atoms with Gasteiger partial charge in [0, 0.05) is 34.6 Å². The Morgan fingerprint density at radius 1 is 1.35 bits per heavy atom. The Bertz CT molecular complexity index is 376. The third kappa shape index (κ3) is 3.39. The van der Waals surface area contributed by atoms with Gasteiger partial charge in [-0.3, -0.25) is 0 Å². The molecule has 0 aromatic heterocycles. The topological polar surface area (TPSA) is 23.5 Å². The third-order valence-corrected chi connectivity index (χ3v) is 4.55. The van der Waals surface area contributed by atoms with E-state index in [1.54, 1.807) is 0 Å². The standard InChI is InChI=1S/C13H18BrNOS/c1-10(16)12-4-3-11(14)9-13(12)15-5-2-7-17-8-6-15/h3-4,9-10,16H,2,5-8H2,1H3. The average Bonchev–Trinajstić information content (AvgIpc) is 2.56. The fourth-order valence-electron chi connectivity index (χ4n) is 2.13. The monoisotopic (exact) mass is 315 g/mol. The summed E-state index contributed by atoms with van der Waals surface area (Å²) in [6.07, 6.45) is 0.810. The molecule has 2 rings (SSSR count). The van der Waals surface area contributed by atoms with Gasteiger partial charge in [-0.05, 0) is 31.2 Å². The van der Waals surface area contributed by atoms with Crippen LogP contribution in [0.25, 0.3) is 0 Å². The van der Waals surface area contributed by atoms with Crippen molar-refractivity contribution in [1.29, 1.82) is 0 Å². The van der Waals surface area contributed by atoms with Crippen LogP contribution < -0.4 is 4.90 Å². The highest BCUT2D eigenvalue weighted by Gasteiger charge is 2.16. The van der Waals surface area contributed by atoms with Gasteiger partial charge in [0.15, 0.2) is 0 Å². The van der Waals surface area contributed by atoms with Crippen LogP contribution in [0, 0.1) is 0 Å². The number of hydrogen-bond donors (Lipinski definition) is 1. The molecule has 0 aliphatic carbocycles. The molecule has 1 N–H and O–H groups in total. The van der Waals surface area contributed by atoms with E-state index in [2.05, 4.69) is 26.9 Å². The van der Waals surface area contributed by atoms with Crippen molar-refractivity contribution in [2.75, 3.05) is 29.5 Å². The van der Waals surface area contributed by atoms with Gasteiger partial charge in [-0.2, -0.15) is 11.8 Å². The first kappa shape index (κ1) is 13.2. The maximum Gasteiger partial charge on any atom is 0.0782 e. The number of aliphatic hydroxyl groups excluding tert-OH is 1. The predicted molar refractivity (Wildman–Crippen MR) is 78.9 cm³/mol. The van der Waals surface area contributed by atoms with Crippen LogP contribution in [0.5, 0.6) is 0 Å². The molecule has 17 heavy (non-hydrogen) atoms. The van der Waals surface area contributed by atoms with Gasteiger partial charge < -0.3 is 10.0 Å². The lowest BCUT2D eigenvalue weighted by molar-refractivity contribution is 0.199. The summed E-state index contributed by atoms with van der Waals surface area (Å²) in [5.74, 6) is 2.42. The molecule has 0 radical (unpaired) electrons.